The van der Waals surface area contributed by atoms with Crippen molar-refractivity contribution < 1.29 is 19.1 Å². The van der Waals surface area contributed by atoms with E-state index < -0.39 is 35.6 Å². The van der Waals surface area contributed by atoms with Gasteiger partial charge in [-0.3, -0.25) is 9.59 Å². The van der Waals surface area contributed by atoms with Gasteiger partial charge in [0.1, 0.15) is 17.7 Å². The predicted molar refractivity (Wildman–Crippen MR) is 161 cm³/mol. The van der Waals surface area contributed by atoms with Gasteiger partial charge in [-0.25, -0.2) is 4.79 Å². The molecule has 2 aromatic carbocycles. The van der Waals surface area contributed by atoms with Crippen molar-refractivity contribution >= 4 is 47.0 Å². The first kappa shape index (κ1) is 32.2. The lowest BCUT2D eigenvalue weighted by Gasteiger charge is -2.34. The summed E-state index contributed by atoms with van der Waals surface area (Å²) >= 11 is 7.97. The topological polar surface area (TPSA) is 87.7 Å². The van der Waals surface area contributed by atoms with E-state index in [1.807, 2.05) is 50.4 Å². The van der Waals surface area contributed by atoms with Gasteiger partial charge in [-0.15, -0.1) is 6.58 Å². The van der Waals surface area contributed by atoms with Crippen LogP contribution in [0.25, 0.3) is 0 Å². The number of nitrogens with zero attached hydrogens (tertiary/aromatic N) is 1. The number of aryl methyl sites for hydroxylation is 2. The summed E-state index contributed by atoms with van der Waals surface area (Å²) in [5.74, 6) is -0.216. The first-order valence-electron chi connectivity index (χ1n) is 13.0. The molecule has 0 spiro atoms. The van der Waals surface area contributed by atoms with Crippen molar-refractivity contribution in [1.82, 2.24) is 10.2 Å². The molecular formula is C30H40ClN3O4S. The highest BCUT2D eigenvalue weighted by Crippen LogP contribution is 2.30. The molecule has 7 nitrogen and oxygen atoms in total. The number of carbonyl (C=O) groups is 3. The van der Waals surface area contributed by atoms with Crippen LogP contribution in [-0.4, -0.2) is 53.0 Å². The smallest absolute Gasteiger partial charge is 0.408 e. The van der Waals surface area contributed by atoms with Gasteiger partial charge in [0.15, 0.2) is 0 Å². The Morgan fingerprint density at radius 2 is 1.82 bits per heavy atom. The Hall–Kier alpha value is -2.97. The molecule has 0 saturated heterocycles. The summed E-state index contributed by atoms with van der Waals surface area (Å²) in [6.45, 7) is 13.1. The molecule has 0 bridgehead atoms. The Kier molecular flexibility index (Phi) is 12.4. The van der Waals surface area contributed by atoms with Gasteiger partial charge in [-0.2, -0.15) is 11.8 Å². The van der Waals surface area contributed by atoms with Crippen LogP contribution < -0.4 is 10.6 Å². The molecule has 2 unspecified atom stereocenters. The third kappa shape index (κ3) is 9.62. The largest absolute Gasteiger partial charge is 0.444 e. The molecule has 0 fully saturated rings. The monoisotopic (exact) mass is 573 g/mol. The van der Waals surface area contributed by atoms with Crippen LogP contribution in [0, 0.1) is 6.92 Å². The second-order valence-electron chi connectivity index (χ2n) is 10.2. The van der Waals surface area contributed by atoms with Crippen LogP contribution in [-0.2, 0) is 20.7 Å². The normalized spacial score (nSPS) is 12.7. The van der Waals surface area contributed by atoms with Crippen LogP contribution in [0.2, 0.25) is 5.02 Å². The first-order valence-corrected chi connectivity index (χ1v) is 14.7. The SMILES string of the molecule is C=CCN(C(=O)C(CCSC)NC(=O)OC(C)(C)C)C(C(=O)Nc1c(C)cccc1Cl)c1ccc(CC)cc1. The number of rotatable bonds is 12. The van der Waals surface area contributed by atoms with Crippen LogP contribution in [0.3, 0.4) is 0 Å². The molecule has 2 N–H and O–H groups in total. The fourth-order valence-electron chi connectivity index (χ4n) is 4.00. The number of para-hydroxylation sites is 1. The second kappa shape index (κ2) is 15.0. The van der Waals surface area contributed by atoms with E-state index in [1.165, 1.54) is 4.90 Å². The molecule has 9 heteroatoms. The van der Waals surface area contributed by atoms with Crippen molar-refractivity contribution in [2.45, 2.75) is 65.1 Å². The number of ether oxygens (including phenoxy) is 1. The van der Waals surface area contributed by atoms with Crippen LogP contribution in [0.4, 0.5) is 10.5 Å². The summed E-state index contributed by atoms with van der Waals surface area (Å²) in [5, 5.41) is 6.06. The van der Waals surface area contributed by atoms with Crippen LogP contribution in [0.15, 0.2) is 55.1 Å². The molecule has 3 amide bonds. The van der Waals surface area contributed by atoms with E-state index in [0.29, 0.717) is 28.4 Å². The molecule has 0 aliphatic rings. The maximum absolute atomic E-state index is 14.1. The molecule has 0 heterocycles. The van der Waals surface area contributed by atoms with E-state index in [9.17, 15) is 14.4 Å². The summed E-state index contributed by atoms with van der Waals surface area (Å²) in [4.78, 5) is 42.1. The summed E-state index contributed by atoms with van der Waals surface area (Å²) in [5.41, 5.74) is 2.28. The summed E-state index contributed by atoms with van der Waals surface area (Å²) in [6, 6.07) is 11.0. The zero-order valence-corrected chi connectivity index (χ0v) is 25.2. The maximum Gasteiger partial charge on any atom is 0.408 e. The number of hydrogen-bond donors (Lipinski definition) is 2. The highest BCUT2D eigenvalue weighted by molar-refractivity contribution is 7.98. The number of nitrogens with one attached hydrogen (secondary N) is 2. The van der Waals surface area contributed by atoms with Gasteiger partial charge in [-0.05, 0) is 75.3 Å². The highest BCUT2D eigenvalue weighted by atomic mass is 35.5. The van der Waals surface area contributed by atoms with Crippen molar-refractivity contribution in [3.8, 4) is 0 Å². The van der Waals surface area contributed by atoms with E-state index in [2.05, 4.69) is 17.2 Å². The van der Waals surface area contributed by atoms with E-state index in [0.717, 1.165) is 17.5 Å². The Morgan fingerprint density at radius 3 is 2.36 bits per heavy atom. The molecule has 0 radical (unpaired) electrons. The molecule has 0 aliphatic carbocycles. The zero-order valence-electron chi connectivity index (χ0n) is 23.7. The molecule has 2 rings (SSSR count). The van der Waals surface area contributed by atoms with Crippen molar-refractivity contribution in [3.05, 3.63) is 76.8 Å². The van der Waals surface area contributed by atoms with Gasteiger partial charge >= 0.3 is 6.09 Å². The van der Waals surface area contributed by atoms with Gasteiger partial charge in [-0.1, -0.05) is 61.0 Å². The maximum atomic E-state index is 14.1. The standard InChI is InChI=1S/C30H40ClN3O4S/c1-8-18-34(28(36)24(17-19-39-7)32-29(37)38-30(4,5)6)26(22-15-13-21(9-2)14-16-22)27(35)33-25-20(3)11-10-12-23(25)31/h8,10-16,24,26H,1,9,17-19H2,2-7H3,(H,32,37)(H,33,35). The molecule has 0 aromatic heterocycles. The Balaban J connectivity index is 2.54. The molecule has 0 aliphatic heterocycles. The molecule has 0 saturated carbocycles. The van der Waals surface area contributed by atoms with E-state index in [-0.39, 0.29) is 6.54 Å². The first-order chi connectivity index (χ1) is 18.4. The lowest BCUT2D eigenvalue weighted by Crippen LogP contribution is -2.52. The molecule has 39 heavy (non-hydrogen) atoms. The number of hydrogen-bond acceptors (Lipinski definition) is 5. The summed E-state index contributed by atoms with van der Waals surface area (Å²) in [6.07, 6.45) is 3.99. The molecular weight excluding hydrogens is 534 g/mol. The Bertz CT molecular complexity index is 1130. The van der Waals surface area contributed by atoms with Gasteiger partial charge in [0.05, 0.1) is 10.7 Å². The lowest BCUT2D eigenvalue weighted by atomic mass is 10.00. The van der Waals surface area contributed by atoms with E-state index in [4.69, 9.17) is 16.3 Å². The number of carbonyl (C=O) groups excluding carboxylic acids is 3. The number of thioether (sulfide) groups is 1. The average Bonchev–Trinajstić information content (AvgIpc) is 2.87. The van der Waals surface area contributed by atoms with Gasteiger partial charge < -0.3 is 20.3 Å². The lowest BCUT2D eigenvalue weighted by molar-refractivity contribution is -0.140. The molecule has 2 atom stereocenters. The fraction of sp³-hybridized carbons (Fsp3) is 0.433. The van der Waals surface area contributed by atoms with Crippen molar-refractivity contribution in [1.29, 1.82) is 0 Å². The number of halogens is 1. The Labute approximate surface area is 241 Å². The zero-order chi connectivity index (χ0) is 29.2. The second-order valence-corrected chi connectivity index (χ2v) is 11.6. The number of amides is 3. The number of benzene rings is 2. The van der Waals surface area contributed by atoms with E-state index in [1.54, 1.807) is 50.7 Å². The number of alkyl carbamates (subject to hydrolysis) is 1. The van der Waals surface area contributed by atoms with Crippen LogP contribution in [0.1, 0.15) is 56.8 Å². The minimum Gasteiger partial charge on any atom is -0.444 e. The van der Waals surface area contributed by atoms with Crippen molar-refractivity contribution in [3.63, 3.8) is 0 Å². The minimum absolute atomic E-state index is 0.0831. The molecule has 212 valence electrons. The van der Waals surface area contributed by atoms with Crippen molar-refractivity contribution in [2.24, 2.45) is 0 Å². The fourth-order valence-corrected chi connectivity index (χ4v) is 4.74. The van der Waals surface area contributed by atoms with Gasteiger partial charge in [0, 0.05) is 6.54 Å². The van der Waals surface area contributed by atoms with E-state index >= 15 is 0 Å². The summed E-state index contributed by atoms with van der Waals surface area (Å²) < 4.78 is 5.42. The Morgan fingerprint density at radius 1 is 1.15 bits per heavy atom. The highest BCUT2D eigenvalue weighted by Gasteiger charge is 2.36. The average molecular weight is 574 g/mol. The van der Waals surface area contributed by atoms with Crippen molar-refractivity contribution in [2.75, 3.05) is 23.9 Å². The van der Waals surface area contributed by atoms with Crippen LogP contribution >= 0.6 is 23.4 Å². The quantitative estimate of drug-likeness (QED) is 0.281. The third-order valence-corrected chi connectivity index (χ3v) is 6.90. The molecule has 2 aromatic rings. The van der Waals surface area contributed by atoms with Gasteiger partial charge in [0.2, 0.25) is 5.91 Å². The third-order valence-electron chi connectivity index (χ3n) is 5.94. The predicted octanol–water partition coefficient (Wildman–Crippen LogP) is 6.55. The summed E-state index contributed by atoms with van der Waals surface area (Å²) in [7, 11) is 0. The van der Waals surface area contributed by atoms with Gasteiger partial charge in [0.25, 0.3) is 5.91 Å². The number of anilines is 1. The van der Waals surface area contributed by atoms with Crippen LogP contribution in [0.5, 0.6) is 0 Å². The minimum atomic E-state index is -1.01.